The molecule has 0 spiro atoms. The van der Waals surface area contributed by atoms with Crippen LogP contribution in [0.4, 0.5) is 0 Å². The van der Waals surface area contributed by atoms with Gasteiger partial charge in [-0.1, -0.05) is 12.1 Å². The molecule has 2 rings (SSSR count). The summed E-state index contributed by atoms with van der Waals surface area (Å²) < 4.78 is 10.6. The fourth-order valence-corrected chi connectivity index (χ4v) is 2.28. The fourth-order valence-electron chi connectivity index (χ4n) is 2.28. The van der Waals surface area contributed by atoms with Crippen molar-refractivity contribution in [2.24, 2.45) is 0 Å². The molecule has 0 aliphatic carbocycles. The number of carbonyl (C=O) groups excluding carboxylic acids is 1. The lowest BCUT2D eigenvalue weighted by Crippen LogP contribution is -2.44. The Morgan fingerprint density at radius 1 is 1.53 bits per heavy atom. The molecule has 1 fully saturated rings. The van der Waals surface area contributed by atoms with Gasteiger partial charge in [-0.2, -0.15) is 0 Å². The molecular weight excluding hydrogens is 242 g/mol. The molecule has 4 nitrogen and oxygen atoms in total. The van der Waals surface area contributed by atoms with Gasteiger partial charge in [-0.3, -0.25) is 4.79 Å². The maximum Gasteiger partial charge on any atom is 0.223 e. The fraction of sp³-hybridized carbons (Fsp3) is 0.533. The van der Waals surface area contributed by atoms with Crippen LogP contribution in [0.5, 0.6) is 5.75 Å². The highest BCUT2D eigenvalue weighted by molar-refractivity contribution is 5.76. The summed E-state index contributed by atoms with van der Waals surface area (Å²) in [6, 6.07) is 7.87. The molecular formula is C15H21NO3. The van der Waals surface area contributed by atoms with E-state index in [1.54, 1.807) is 7.11 Å². The number of rotatable bonds is 4. The van der Waals surface area contributed by atoms with E-state index in [2.05, 4.69) is 0 Å². The van der Waals surface area contributed by atoms with E-state index >= 15 is 0 Å². The Balaban J connectivity index is 1.85. The smallest absolute Gasteiger partial charge is 0.223 e. The van der Waals surface area contributed by atoms with E-state index in [0.717, 1.165) is 17.7 Å². The number of ether oxygens (including phenoxy) is 2. The van der Waals surface area contributed by atoms with Gasteiger partial charge in [-0.05, 0) is 31.0 Å². The van der Waals surface area contributed by atoms with Crippen LogP contribution in [0.25, 0.3) is 0 Å². The number of nitrogens with zero attached hydrogens (tertiary/aromatic N) is 1. The van der Waals surface area contributed by atoms with E-state index in [0.29, 0.717) is 26.1 Å². The molecule has 0 aromatic heterocycles. The summed E-state index contributed by atoms with van der Waals surface area (Å²) in [6.45, 7) is 4.06. The van der Waals surface area contributed by atoms with Crippen LogP contribution in [0, 0.1) is 0 Å². The van der Waals surface area contributed by atoms with E-state index in [-0.39, 0.29) is 12.0 Å². The van der Waals surface area contributed by atoms with Crippen molar-refractivity contribution in [3.63, 3.8) is 0 Å². The van der Waals surface area contributed by atoms with Crippen molar-refractivity contribution >= 4 is 5.91 Å². The van der Waals surface area contributed by atoms with Gasteiger partial charge in [0.2, 0.25) is 5.91 Å². The van der Waals surface area contributed by atoms with Crippen molar-refractivity contribution in [2.75, 3.05) is 26.8 Å². The number of aryl methyl sites for hydroxylation is 1. The molecule has 1 aliphatic heterocycles. The van der Waals surface area contributed by atoms with E-state index in [9.17, 15) is 4.79 Å². The summed E-state index contributed by atoms with van der Waals surface area (Å²) in [4.78, 5) is 14.0. The first kappa shape index (κ1) is 13.9. The summed E-state index contributed by atoms with van der Waals surface area (Å²) in [5.74, 6) is 1.04. The van der Waals surface area contributed by atoms with E-state index in [1.165, 1.54) is 0 Å². The maximum absolute atomic E-state index is 12.1. The van der Waals surface area contributed by atoms with Crippen LogP contribution in [-0.4, -0.2) is 43.7 Å². The Labute approximate surface area is 114 Å². The zero-order valence-corrected chi connectivity index (χ0v) is 11.6. The second kappa shape index (κ2) is 6.57. The molecule has 1 aromatic rings. The number of hydrogen-bond acceptors (Lipinski definition) is 3. The van der Waals surface area contributed by atoms with Gasteiger partial charge >= 0.3 is 0 Å². The summed E-state index contributed by atoms with van der Waals surface area (Å²) in [7, 11) is 1.65. The minimum Gasteiger partial charge on any atom is -0.497 e. The lowest BCUT2D eigenvalue weighted by Gasteiger charge is -2.31. The van der Waals surface area contributed by atoms with Crippen LogP contribution in [0.1, 0.15) is 18.9 Å². The molecule has 1 heterocycles. The van der Waals surface area contributed by atoms with Crippen molar-refractivity contribution in [3.8, 4) is 5.75 Å². The Hall–Kier alpha value is -1.55. The zero-order chi connectivity index (χ0) is 13.7. The van der Waals surface area contributed by atoms with Crippen LogP contribution in [0.2, 0.25) is 0 Å². The standard InChI is InChI=1S/C15H21NO3/c1-12-11-16(8-9-19-12)15(17)7-6-13-4-3-5-14(10-13)18-2/h3-5,10,12H,6-9,11H2,1-2H3. The normalized spacial score (nSPS) is 19.3. The molecule has 4 heteroatoms. The van der Waals surface area contributed by atoms with Gasteiger partial charge in [0, 0.05) is 19.5 Å². The molecule has 1 aliphatic rings. The third-order valence-electron chi connectivity index (χ3n) is 3.36. The predicted molar refractivity (Wildman–Crippen MR) is 73.3 cm³/mol. The zero-order valence-electron chi connectivity index (χ0n) is 11.6. The maximum atomic E-state index is 12.1. The molecule has 19 heavy (non-hydrogen) atoms. The predicted octanol–water partition coefficient (Wildman–Crippen LogP) is 1.88. The molecule has 1 saturated heterocycles. The van der Waals surface area contributed by atoms with Crippen LogP contribution in [0.3, 0.4) is 0 Å². The molecule has 0 bridgehead atoms. The van der Waals surface area contributed by atoms with Crippen LogP contribution >= 0.6 is 0 Å². The molecule has 104 valence electrons. The Bertz CT molecular complexity index is 433. The van der Waals surface area contributed by atoms with Gasteiger partial charge < -0.3 is 14.4 Å². The first-order valence-corrected chi connectivity index (χ1v) is 6.71. The van der Waals surface area contributed by atoms with Crippen molar-refractivity contribution in [2.45, 2.75) is 25.9 Å². The summed E-state index contributed by atoms with van der Waals surface area (Å²) in [6.07, 6.45) is 1.44. The minimum absolute atomic E-state index is 0.148. The summed E-state index contributed by atoms with van der Waals surface area (Å²) >= 11 is 0. The molecule has 1 aromatic carbocycles. The Kier molecular flexibility index (Phi) is 4.80. The minimum atomic E-state index is 0.148. The summed E-state index contributed by atoms with van der Waals surface area (Å²) in [5.41, 5.74) is 1.13. The Morgan fingerprint density at radius 3 is 3.11 bits per heavy atom. The van der Waals surface area contributed by atoms with Crippen LogP contribution in [-0.2, 0) is 16.0 Å². The number of hydrogen-bond donors (Lipinski definition) is 0. The van der Waals surface area contributed by atoms with Gasteiger partial charge in [0.25, 0.3) is 0 Å². The monoisotopic (exact) mass is 263 g/mol. The first-order valence-electron chi connectivity index (χ1n) is 6.71. The molecule has 0 saturated carbocycles. The molecule has 1 amide bonds. The largest absolute Gasteiger partial charge is 0.497 e. The second-order valence-electron chi connectivity index (χ2n) is 4.87. The highest BCUT2D eigenvalue weighted by atomic mass is 16.5. The second-order valence-corrected chi connectivity index (χ2v) is 4.87. The highest BCUT2D eigenvalue weighted by Gasteiger charge is 2.20. The number of carbonyl (C=O) groups is 1. The number of methoxy groups -OCH3 is 1. The van der Waals surface area contributed by atoms with Gasteiger partial charge in [0.15, 0.2) is 0 Å². The van der Waals surface area contributed by atoms with Crippen LogP contribution < -0.4 is 4.74 Å². The van der Waals surface area contributed by atoms with Crippen molar-refractivity contribution in [1.82, 2.24) is 4.90 Å². The lowest BCUT2D eigenvalue weighted by atomic mass is 10.1. The molecule has 0 N–H and O–H groups in total. The van der Waals surface area contributed by atoms with E-state index in [4.69, 9.17) is 9.47 Å². The van der Waals surface area contributed by atoms with Gasteiger partial charge in [-0.15, -0.1) is 0 Å². The van der Waals surface area contributed by atoms with Gasteiger partial charge in [0.1, 0.15) is 5.75 Å². The van der Waals surface area contributed by atoms with Crippen molar-refractivity contribution in [1.29, 1.82) is 0 Å². The third-order valence-corrected chi connectivity index (χ3v) is 3.36. The number of benzene rings is 1. The quantitative estimate of drug-likeness (QED) is 0.832. The topological polar surface area (TPSA) is 38.8 Å². The molecule has 1 atom stereocenters. The average Bonchev–Trinajstić information content (AvgIpc) is 2.45. The van der Waals surface area contributed by atoms with E-state index < -0.39 is 0 Å². The van der Waals surface area contributed by atoms with Crippen molar-refractivity contribution < 1.29 is 14.3 Å². The highest BCUT2D eigenvalue weighted by Crippen LogP contribution is 2.15. The first-order chi connectivity index (χ1) is 9.19. The molecule has 0 radical (unpaired) electrons. The van der Waals surface area contributed by atoms with Crippen molar-refractivity contribution in [3.05, 3.63) is 29.8 Å². The summed E-state index contributed by atoms with van der Waals surface area (Å²) in [5, 5.41) is 0. The van der Waals surface area contributed by atoms with Gasteiger partial charge in [0.05, 0.1) is 19.8 Å². The third kappa shape index (κ3) is 3.96. The van der Waals surface area contributed by atoms with Crippen LogP contribution in [0.15, 0.2) is 24.3 Å². The SMILES string of the molecule is COc1cccc(CCC(=O)N2CCOC(C)C2)c1. The lowest BCUT2D eigenvalue weighted by molar-refractivity contribution is -0.138. The Morgan fingerprint density at radius 2 is 2.37 bits per heavy atom. The van der Waals surface area contributed by atoms with Gasteiger partial charge in [-0.25, -0.2) is 0 Å². The average molecular weight is 263 g/mol. The molecule has 1 unspecified atom stereocenters. The number of morpholine rings is 1. The number of amides is 1. The van der Waals surface area contributed by atoms with E-state index in [1.807, 2.05) is 36.1 Å².